The molecule has 0 fully saturated rings. The van der Waals surface area contributed by atoms with Crippen LogP contribution in [-0.2, 0) is 14.8 Å². The van der Waals surface area contributed by atoms with Crippen molar-refractivity contribution >= 4 is 49.1 Å². The highest BCUT2D eigenvalue weighted by atomic mass is 79.9. The fraction of sp³-hybridized carbons (Fsp3) is 0.174. The summed E-state index contributed by atoms with van der Waals surface area (Å²) in [6, 6.07) is 15.8. The minimum atomic E-state index is -4.23. The number of ether oxygens (including phenoxy) is 2. The zero-order valence-electron chi connectivity index (χ0n) is 17.6. The van der Waals surface area contributed by atoms with Crippen LogP contribution in [-0.4, -0.2) is 28.0 Å². The van der Waals surface area contributed by atoms with Crippen molar-refractivity contribution in [3.8, 4) is 11.5 Å². The molecule has 168 valence electrons. The summed E-state index contributed by atoms with van der Waals surface area (Å²) < 4.78 is 39.2. The van der Waals surface area contributed by atoms with Crippen LogP contribution in [0, 0.1) is 13.8 Å². The van der Waals surface area contributed by atoms with Crippen molar-refractivity contribution in [2.45, 2.75) is 18.7 Å². The van der Waals surface area contributed by atoms with E-state index in [0.717, 1.165) is 15.6 Å². The van der Waals surface area contributed by atoms with Crippen LogP contribution in [0.15, 0.2) is 70.0 Å². The summed E-state index contributed by atoms with van der Waals surface area (Å²) in [5, 5.41) is 0.173. The van der Waals surface area contributed by atoms with E-state index in [9.17, 15) is 13.2 Å². The molecule has 0 atom stereocenters. The average Bonchev–Trinajstić information content (AvgIpc) is 2.75. The Morgan fingerprint density at radius 2 is 1.72 bits per heavy atom. The van der Waals surface area contributed by atoms with Gasteiger partial charge < -0.3 is 9.47 Å². The lowest BCUT2D eigenvalue weighted by molar-refractivity contribution is -0.119. The van der Waals surface area contributed by atoms with Gasteiger partial charge in [0.25, 0.3) is 15.9 Å². The van der Waals surface area contributed by atoms with Crippen molar-refractivity contribution in [2.24, 2.45) is 0 Å². The van der Waals surface area contributed by atoms with E-state index >= 15 is 0 Å². The van der Waals surface area contributed by atoms with Crippen molar-refractivity contribution in [1.82, 2.24) is 0 Å². The molecule has 32 heavy (non-hydrogen) atoms. The fourth-order valence-corrected chi connectivity index (χ4v) is 4.83. The van der Waals surface area contributed by atoms with Crippen LogP contribution in [0.2, 0.25) is 5.02 Å². The van der Waals surface area contributed by atoms with Crippen LogP contribution in [0.1, 0.15) is 11.1 Å². The van der Waals surface area contributed by atoms with Crippen molar-refractivity contribution in [1.29, 1.82) is 0 Å². The van der Waals surface area contributed by atoms with Gasteiger partial charge in [-0.05, 0) is 67.9 Å². The summed E-state index contributed by atoms with van der Waals surface area (Å²) in [5.41, 5.74) is 1.89. The van der Waals surface area contributed by atoms with E-state index < -0.39 is 22.5 Å². The monoisotopic (exact) mass is 537 g/mol. The molecular weight excluding hydrogens is 518 g/mol. The second-order valence-electron chi connectivity index (χ2n) is 6.99. The molecular formula is C23H21BrClNO5S. The predicted octanol–water partition coefficient (Wildman–Crippen LogP) is 5.53. The summed E-state index contributed by atoms with van der Waals surface area (Å²) >= 11 is 9.61. The minimum Gasteiger partial charge on any atom is -0.495 e. The van der Waals surface area contributed by atoms with Gasteiger partial charge in [-0.25, -0.2) is 8.42 Å². The maximum Gasteiger partial charge on any atom is 0.278 e. The highest BCUT2D eigenvalue weighted by Crippen LogP contribution is 2.32. The number of amides is 1. The van der Waals surface area contributed by atoms with E-state index in [-0.39, 0.29) is 15.6 Å². The van der Waals surface area contributed by atoms with E-state index in [4.69, 9.17) is 21.1 Å². The van der Waals surface area contributed by atoms with E-state index in [2.05, 4.69) is 15.9 Å². The average molecular weight is 539 g/mol. The van der Waals surface area contributed by atoms with Gasteiger partial charge in [-0.3, -0.25) is 4.79 Å². The van der Waals surface area contributed by atoms with Gasteiger partial charge in [-0.2, -0.15) is 4.31 Å². The summed E-state index contributed by atoms with van der Waals surface area (Å²) in [6.07, 6.45) is 0. The number of aryl methyl sites for hydroxylation is 2. The van der Waals surface area contributed by atoms with Crippen LogP contribution < -0.4 is 13.8 Å². The molecule has 0 saturated heterocycles. The SMILES string of the molecule is COc1ccc(N(C(=O)COc2ccc(Br)c(C)c2)S(=O)(=O)c2ccc(C)cc2)cc1Cl. The van der Waals surface area contributed by atoms with E-state index in [0.29, 0.717) is 15.8 Å². The first-order valence-corrected chi connectivity index (χ1v) is 12.1. The van der Waals surface area contributed by atoms with E-state index in [1.807, 2.05) is 13.8 Å². The third-order valence-electron chi connectivity index (χ3n) is 4.65. The number of sulfonamides is 1. The number of hydrogen-bond acceptors (Lipinski definition) is 5. The van der Waals surface area contributed by atoms with Gasteiger partial charge in [0.05, 0.1) is 22.7 Å². The number of halogens is 2. The zero-order valence-corrected chi connectivity index (χ0v) is 20.8. The Morgan fingerprint density at radius 3 is 2.31 bits per heavy atom. The van der Waals surface area contributed by atoms with Crippen LogP contribution in [0.5, 0.6) is 11.5 Å². The molecule has 0 saturated carbocycles. The maximum atomic E-state index is 13.4. The van der Waals surface area contributed by atoms with Gasteiger partial charge >= 0.3 is 0 Å². The zero-order chi connectivity index (χ0) is 23.5. The molecule has 9 heteroatoms. The molecule has 0 aliphatic carbocycles. The molecule has 0 N–H and O–H groups in total. The standard InChI is InChI=1S/C23H21BrClNO5S/c1-15-4-8-19(9-5-15)32(28,29)26(17-6-11-22(30-3)21(25)13-17)23(27)14-31-18-7-10-20(24)16(2)12-18/h4-13H,14H2,1-3H3. The number of benzene rings is 3. The Bertz CT molecular complexity index is 1250. The molecule has 3 aromatic carbocycles. The summed E-state index contributed by atoms with van der Waals surface area (Å²) in [4.78, 5) is 13.1. The molecule has 0 spiro atoms. The van der Waals surface area contributed by atoms with Crippen LogP contribution >= 0.6 is 27.5 Å². The molecule has 0 aromatic heterocycles. The number of methoxy groups -OCH3 is 1. The van der Waals surface area contributed by atoms with Crippen molar-refractivity contribution in [2.75, 3.05) is 18.0 Å². The topological polar surface area (TPSA) is 72.9 Å². The molecule has 0 bridgehead atoms. The van der Waals surface area contributed by atoms with Gasteiger partial charge in [0.15, 0.2) is 6.61 Å². The van der Waals surface area contributed by atoms with Crippen LogP contribution in [0.4, 0.5) is 5.69 Å². The highest BCUT2D eigenvalue weighted by Gasteiger charge is 2.32. The molecule has 0 aliphatic heterocycles. The number of carbonyl (C=O) groups is 1. The third kappa shape index (κ3) is 5.26. The Kier molecular flexibility index (Phi) is 7.48. The lowest BCUT2D eigenvalue weighted by Gasteiger charge is -2.23. The molecule has 0 unspecified atom stereocenters. The number of carbonyl (C=O) groups excluding carboxylic acids is 1. The Balaban J connectivity index is 1.99. The van der Waals surface area contributed by atoms with E-state index in [1.165, 1.54) is 37.4 Å². The Hall–Kier alpha value is -2.55. The lowest BCUT2D eigenvalue weighted by Crippen LogP contribution is -2.40. The normalized spacial score (nSPS) is 11.2. The van der Waals surface area contributed by atoms with E-state index in [1.54, 1.807) is 30.3 Å². The molecule has 3 aromatic rings. The Morgan fingerprint density at radius 1 is 1.03 bits per heavy atom. The maximum absolute atomic E-state index is 13.4. The largest absolute Gasteiger partial charge is 0.495 e. The summed E-state index contributed by atoms with van der Waals surface area (Å²) in [6.45, 7) is 3.23. The molecule has 0 heterocycles. The molecule has 3 rings (SSSR count). The second kappa shape index (κ2) is 9.94. The van der Waals surface area contributed by atoms with Crippen LogP contribution in [0.25, 0.3) is 0 Å². The smallest absolute Gasteiger partial charge is 0.278 e. The quantitative estimate of drug-likeness (QED) is 0.396. The third-order valence-corrected chi connectivity index (χ3v) is 7.60. The molecule has 0 radical (unpaired) electrons. The van der Waals surface area contributed by atoms with Gasteiger partial charge in [-0.15, -0.1) is 0 Å². The summed E-state index contributed by atoms with van der Waals surface area (Å²) in [7, 11) is -2.78. The van der Waals surface area contributed by atoms with Gasteiger partial charge in [-0.1, -0.05) is 45.2 Å². The number of anilines is 1. The van der Waals surface area contributed by atoms with Gasteiger partial charge in [0, 0.05) is 4.47 Å². The molecule has 1 amide bonds. The van der Waals surface area contributed by atoms with Crippen molar-refractivity contribution in [3.05, 3.63) is 81.3 Å². The predicted molar refractivity (Wildman–Crippen MR) is 128 cm³/mol. The van der Waals surface area contributed by atoms with Crippen molar-refractivity contribution in [3.63, 3.8) is 0 Å². The minimum absolute atomic E-state index is 0.0251. The highest BCUT2D eigenvalue weighted by molar-refractivity contribution is 9.10. The van der Waals surface area contributed by atoms with Gasteiger partial charge in [0.1, 0.15) is 11.5 Å². The van der Waals surface area contributed by atoms with Gasteiger partial charge in [0.2, 0.25) is 0 Å². The lowest BCUT2D eigenvalue weighted by atomic mass is 10.2. The number of rotatable bonds is 7. The first kappa shape index (κ1) is 24.1. The first-order valence-electron chi connectivity index (χ1n) is 9.51. The first-order chi connectivity index (χ1) is 15.1. The second-order valence-corrected chi connectivity index (χ2v) is 10.0. The number of hydrogen-bond donors (Lipinski definition) is 0. The molecule has 0 aliphatic rings. The van der Waals surface area contributed by atoms with Crippen LogP contribution in [0.3, 0.4) is 0 Å². The molecule has 6 nitrogen and oxygen atoms in total. The fourth-order valence-electron chi connectivity index (χ4n) is 2.92. The van der Waals surface area contributed by atoms with Crippen molar-refractivity contribution < 1.29 is 22.7 Å². The Labute approximate surface area is 200 Å². The number of nitrogens with zero attached hydrogens (tertiary/aromatic N) is 1. The summed E-state index contributed by atoms with van der Waals surface area (Å²) in [5.74, 6) is 0.0315.